The molecular weight excluding hydrogens is 1620 g/mol. The number of aliphatic hydroxyl groups excluding tert-OH is 26. The maximum absolute atomic E-state index is 12.0. The molecule has 50 nitrogen and oxygen atoms in total. The molecule has 8 heterocycles. The molecule has 0 bridgehead atoms. The van der Waals surface area contributed by atoms with E-state index in [1.54, 1.807) is 0 Å². The Hall–Kier alpha value is -4.70. The second-order valence-electron chi connectivity index (χ2n) is 28.9. The van der Waals surface area contributed by atoms with Crippen molar-refractivity contribution < 1.29 is 247 Å². The molecule has 8 fully saturated rings. The number of hydrogen-bond donors (Lipinski definition) is 26. The van der Waals surface area contributed by atoms with Crippen molar-refractivity contribution in [3.8, 4) is 0 Å². The molecule has 8 aliphatic heterocycles. The summed E-state index contributed by atoms with van der Waals surface area (Å²) in [6.07, 6.45) is -58.0. The van der Waals surface area contributed by atoms with E-state index in [-0.39, 0.29) is 12.8 Å². The normalized spacial score (nSPS) is 43.1. The van der Waals surface area contributed by atoms with Gasteiger partial charge in [0.25, 0.3) is 0 Å². The van der Waals surface area contributed by atoms with E-state index in [1.807, 2.05) is 0 Å². The zero-order valence-corrected chi connectivity index (χ0v) is 65.2. The van der Waals surface area contributed by atoms with E-state index in [0.717, 1.165) is 13.8 Å². The summed E-state index contributed by atoms with van der Waals surface area (Å²) in [6, 6.07) is 0. The SMILES string of the molecule is CC(=O)OCC1O[C@@H](O[C@H]2C(O)[C@H](O)C(CO)O[C@H]2C)[C@@H](O)C(O)[C@@H]1OC(=O)CC(C)O.CC(=O)OCC1O[C@@H](O[C@H]2C(O)[C@H](O)C(CO)O[C@H]2C)[C@@H](O)C(O)[C@@H]1OC(=O)CO.CC(O)CC(=O)O[C@@H]1C(CO)O[C@@H](O[C@H]2C(O)[C@H](O)C(CO)O[C@H]2C)[C@@H](O)C1O.C[C@@H]1OC(CO)[C@@H](O)C(O)[C@@H]1O[C@@H]1OC(CO)[C@@H](OC(=O)CO)C(O)[C@@H]1O. The highest BCUT2D eigenvalue weighted by Gasteiger charge is 2.57. The van der Waals surface area contributed by atoms with Gasteiger partial charge in [-0.05, 0) is 41.5 Å². The minimum atomic E-state index is -1.78. The average molecular weight is 1730 g/mol. The quantitative estimate of drug-likeness (QED) is 0.0255. The van der Waals surface area contributed by atoms with E-state index in [1.165, 1.54) is 41.5 Å². The summed E-state index contributed by atoms with van der Waals surface area (Å²) in [5.74, 6) is -5.30. The van der Waals surface area contributed by atoms with Gasteiger partial charge in [0.15, 0.2) is 49.6 Å². The minimum absolute atomic E-state index is 0.357. The lowest BCUT2D eigenvalue weighted by Gasteiger charge is -2.46. The number of hydrogen-bond acceptors (Lipinski definition) is 50. The molecule has 42 atom stereocenters. The van der Waals surface area contributed by atoms with Crippen LogP contribution in [0.4, 0.5) is 0 Å². The van der Waals surface area contributed by atoms with Gasteiger partial charge in [-0.15, -0.1) is 0 Å². The van der Waals surface area contributed by atoms with E-state index < -0.39 is 359 Å². The highest BCUT2D eigenvalue weighted by Crippen LogP contribution is 2.36. The predicted octanol–water partition coefficient (Wildman–Crippen LogP) is -16.4. The third kappa shape index (κ3) is 27.6. The molecule has 8 rings (SSSR count). The molecule has 0 aromatic carbocycles. The Balaban J connectivity index is 0.000000281. The maximum Gasteiger partial charge on any atom is 0.332 e. The lowest BCUT2D eigenvalue weighted by molar-refractivity contribution is -0.341. The Morgan fingerprint density at radius 3 is 0.661 bits per heavy atom. The minimum Gasteiger partial charge on any atom is -0.463 e. The molecule has 0 aliphatic carbocycles. The summed E-state index contributed by atoms with van der Waals surface area (Å²) < 4.78 is 94.9. The standard InChI is InChI=1S/C19H32O13.C17H28O13.C17H30O12.C15H26O12/c1-7(21)4-12(23)31-18-11(6-28-9(3)22)30-19(16(27)15(18)26)32-17-8(2)29-10(5-20)13(24)14(17)25;1-6-15(12(23)11(22)8(3-18)27-6)30-17-14(25)13(24)16(29-10(21)4-19)9(28-17)5-26-7(2)20;1-6(20)3-10(21)28-16-9(5-19)27-17(14(25)13(16)24)29-15-7(2)26-8(4-18)11(22)12(15)23;1-5-13(10(21)9(20)6(2-16)24-5)27-15-12(23)11(22)14(7(3-17)25-15)26-8(19)4-18/h7-8,10-11,13-21,24-27H,4-6H2,1-3H3;6,8-9,11-19,22-25H,3-5H2,1-2H3;6-9,11-20,22-25H,3-5H2,1-2H3;5-7,9-18,20-23H,2-4H2,1H3/t7?,8-,10?,11?,13+,14?,15?,16-,17+,18+,19-;6-,8?,9?,11+,12?,13?,14-,15+,16+,17-;6?,7-,8?,9?,11+,12?,13?,14-,15+,16+,17-;5-,6?,7?,9+,10?,11?,12-,13+,14+,15-/m0000/s1. The summed E-state index contributed by atoms with van der Waals surface area (Å²) in [4.78, 5) is 68.8. The fraction of sp³-hybridized carbons (Fsp3) is 0.912. The smallest absolute Gasteiger partial charge is 0.332 e. The molecule has 8 saturated heterocycles. The first-order chi connectivity index (χ1) is 55.4. The van der Waals surface area contributed by atoms with E-state index in [4.69, 9.17) is 101 Å². The van der Waals surface area contributed by atoms with Gasteiger partial charge >= 0.3 is 35.8 Å². The fourth-order valence-electron chi connectivity index (χ4n) is 13.4. The highest BCUT2D eigenvalue weighted by atomic mass is 16.8. The Kier molecular flexibility index (Phi) is 42.7. The van der Waals surface area contributed by atoms with Crippen LogP contribution in [-0.2, 0) is 114 Å². The van der Waals surface area contributed by atoms with Crippen LogP contribution in [-0.4, -0.2) is 492 Å². The van der Waals surface area contributed by atoms with Crippen molar-refractivity contribution in [1.29, 1.82) is 0 Å². The van der Waals surface area contributed by atoms with Gasteiger partial charge in [-0.3, -0.25) is 19.2 Å². The van der Waals surface area contributed by atoms with Crippen molar-refractivity contribution in [2.45, 2.75) is 325 Å². The summed E-state index contributed by atoms with van der Waals surface area (Å²) in [6.45, 7) is 4.57. The molecule has 688 valence electrons. The molecule has 0 amide bonds. The Morgan fingerprint density at radius 2 is 0.466 bits per heavy atom. The van der Waals surface area contributed by atoms with Gasteiger partial charge in [0.2, 0.25) is 0 Å². The molecular formula is C68H116O50. The van der Waals surface area contributed by atoms with Crippen LogP contribution in [0.5, 0.6) is 0 Å². The number of aliphatic hydroxyl groups is 26. The predicted molar refractivity (Wildman–Crippen MR) is 370 cm³/mol. The monoisotopic (exact) mass is 1730 g/mol. The highest BCUT2D eigenvalue weighted by molar-refractivity contribution is 5.72. The van der Waals surface area contributed by atoms with Crippen molar-refractivity contribution in [1.82, 2.24) is 0 Å². The largest absolute Gasteiger partial charge is 0.463 e. The number of ether oxygens (including phenoxy) is 18. The third-order valence-corrected chi connectivity index (χ3v) is 19.6. The molecule has 26 N–H and O–H groups in total. The third-order valence-electron chi connectivity index (χ3n) is 19.6. The first-order valence-electron chi connectivity index (χ1n) is 37.4. The maximum atomic E-state index is 12.0. The molecule has 0 spiro atoms. The van der Waals surface area contributed by atoms with Crippen molar-refractivity contribution in [2.24, 2.45) is 0 Å². The van der Waals surface area contributed by atoms with Crippen LogP contribution in [0.25, 0.3) is 0 Å². The number of esters is 6. The Morgan fingerprint density at radius 1 is 0.271 bits per heavy atom. The van der Waals surface area contributed by atoms with Crippen LogP contribution < -0.4 is 0 Å². The van der Waals surface area contributed by atoms with Gasteiger partial charge in [-0.1, -0.05) is 0 Å². The average Bonchev–Trinajstić information content (AvgIpc) is 0.795. The molecule has 0 aromatic rings. The topological polar surface area (TPSA) is 795 Å². The van der Waals surface area contributed by atoms with Crippen LogP contribution in [0, 0.1) is 0 Å². The van der Waals surface area contributed by atoms with Crippen molar-refractivity contribution in [3.05, 3.63) is 0 Å². The van der Waals surface area contributed by atoms with Crippen LogP contribution in [0.1, 0.15) is 68.2 Å². The molecule has 0 aromatic heterocycles. The molecule has 0 saturated carbocycles. The van der Waals surface area contributed by atoms with Crippen LogP contribution in [0.2, 0.25) is 0 Å². The molecule has 118 heavy (non-hydrogen) atoms. The second-order valence-corrected chi connectivity index (χ2v) is 28.9. The molecule has 0 radical (unpaired) electrons. The molecule has 18 unspecified atom stereocenters. The van der Waals surface area contributed by atoms with Gasteiger partial charge in [-0.2, -0.15) is 0 Å². The first-order valence-corrected chi connectivity index (χ1v) is 37.4. The summed E-state index contributed by atoms with van der Waals surface area (Å²) in [7, 11) is 0. The summed E-state index contributed by atoms with van der Waals surface area (Å²) in [5.41, 5.74) is 0. The number of rotatable bonds is 28. The molecule has 8 aliphatic rings. The van der Waals surface area contributed by atoms with Crippen LogP contribution in [0.15, 0.2) is 0 Å². The fourth-order valence-corrected chi connectivity index (χ4v) is 13.4. The molecule has 50 heteroatoms. The van der Waals surface area contributed by atoms with Gasteiger partial charge in [0, 0.05) is 13.8 Å². The Labute approximate surface area is 672 Å². The number of carbonyl (C=O) groups is 6. The van der Waals surface area contributed by atoms with Crippen molar-refractivity contribution in [3.63, 3.8) is 0 Å². The van der Waals surface area contributed by atoms with Crippen molar-refractivity contribution in [2.75, 3.05) is 66.1 Å². The van der Waals surface area contributed by atoms with Crippen LogP contribution in [0.3, 0.4) is 0 Å². The van der Waals surface area contributed by atoms with Gasteiger partial charge in [0.1, 0.15) is 197 Å². The van der Waals surface area contributed by atoms with Gasteiger partial charge < -0.3 is 218 Å². The zero-order chi connectivity index (χ0) is 88.9. The van der Waals surface area contributed by atoms with E-state index in [2.05, 4.69) is 0 Å². The lowest BCUT2D eigenvalue weighted by atomic mass is 9.95. The van der Waals surface area contributed by atoms with Gasteiger partial charge in [0.05, 0.1) is 89.1 Å². The van der Waals surface area contributed by atoms with Gasteiger partial charge in [-0.25, -0.2) is 9.59 Å². The van der Waals surface area contributed by atoms with Crippen molar-refractivity contribution >= 4 is 35.8 Å². The Bertz CT molecular complexity index is 3000. The van der Waals surface area contributed by atoms with Crippen LogP contribution >= 0.6 is 0 Å². The second kappa shape index (κ2) is 48.5. The summed E-state index contributed by atoms with van der Waals surface area (Å²) >= 11 is 0. The number of carbonyl (C=O) groups excluding carboxylic acids is 6. The summed E-state index contributed by atoms with van der Waals surface area (Å²) in [5, 5.41) is 256. The van der Waals surface area contributed by atoms with E-state index >= 15 is 0 Å². The first kappa shape index (κ1) is 104. The zero-order valence-electron chi connectivity index (χ0n) is 65.2. The lowest BCUT2D eigenvalue weighted by Crippen LogP contribution is -2.64. The van der Waals surface area contributed by atoms with E-state index in [9.17, 15) is 146 Å². The van der Waals surface area contributed by atoms with E-state index in [0.29, 0.717) is 0 Å².